The molecule has 7 heteroatoms. The van der Waals surface area contributed by atoms with Crippen LogP contribution >= 0.6 is 0 Å². The molecule has 7 nitrogen and oxygen atoms in total. The van der Waals surface area contributed by atoms with Crippen molar-refractivity contribution in [3.8, 4) is 34.1 Å². The summed E-state index contributed by atoms with van der Waals surface area (Å²) in [6.45, 7) is 0. The molecule has 0 aliphatic carbocycles. The molecule has 3 aromatic carbocycles. The maximum Gasteiger partial charge on any atom is 0.312 e. The second-order valence-corrected chi connectivity index (χ2v) is 7.70. The van der Waals surface area contributed by atoms with Gasteiger partial charge in [-0.25, -0.2) is 0 Å². The molecule has 0 spiro atoms. The van der Waals surface area contributed by atoms with Gasteiger partial charge in [-0.1, -0.05) is 36.4 Å². The number of phenols is 1. The normalized spacial score (nSPS) is 15.1. The summed E-state index contributed by atoms with van der Waals surface area (Å²) in [6, 6.07) is 15.8. The third kappa shape index (κ3) is 3.38. The van der Waals surface area contributed by atoms with Crippen molar-refractivity contribution in [3.05, 3.63) is 82.2 Å². The second kappa shape index (κ2) is 8.02. The minimum absolute atomic E-state index is 0.0277. The number of rotatable bonds is 4. The average Bonchev–Trinajstić information content (AvgIpc) is 2.83. The first kappa shape index (κ1) is 20.6. The Kier molecular flexibility index (Phi) is 5.01. The van der Waals surface area contributed by atoms with Crippen molar-refractivity contribution in [2.45, 2.75) is 12.3 Å². The van der Waals surface area contributed by atoms with Gasteiger partial charge < -0.3 is 23.7 Å². The monoisotopic (exact) mass is 444 g/mol. The molecule has 1 N–H and O–H groups in total. The summed E-state index contributed by atoms with van der Waals surface area (Å²) >= 11 is 0. The van der Waals surface area contributed by atoms with Crippen LogP contribution < -0.4 is 19.6 Å². The van der Waals surface area contributed by atoms with Gasteiger partial charge in [-0.15, -0.1) is 0 Å². The number of fused-ring (bicyclic) bond motifs is 3. The topological polar surface area (TPSA) is 95.2 Å². The van der Waals surface area contributed by atoms with E-state index in [1.807, 2.05) is 30.3 Å². The minimum atomic E-state index is -0.417. The first-order valence-electron chi connectivity index (χ1n) is 10.3. The van der Waals surface area contributed by atoms with E-state index in [4.69, 9.17) is 18.6 Å². The molecule has 166 valence electrons. The van der Waals surface area contributed by atoms with E-state index in [9.17, 15) is 14.7 Å². The van der Waals surface area contributed by atoms with Gasteiger partial charge in [-0.3, -0.25) is 9.59 Å². The van der Waals surface area contributed by atoms with Crippen molar-refractivity contribution in [1.82, 2.24) is 0 Å². The largest absolute Gasteiger partial charge is 0.507 e. The molecule has 1 atom stereocenters. The minimum Gasteiger partial charge on any atom is -0.507 e. The first-order chi connectivity index (χ1) is 16.0. The van der Waals surface area contributed by atoms with Crippen LogP contribution in [0.25, 0.3) is 22.1 Å². The van der Waals surface area contributed by atoms with Crippen molar-refractivity contribution >= 4 is 16.9 Å². The predicted molar refractivity (Wildman–Crippen MR) is 121 cm³/mol. The molecule has 0 radical (unpaired) electrons. The van der Waals surface area contributed by atoms with Gasteiger partial charge in [0, 0.05) is 17.5 Å². The smallest absolute Gasteiger partial charge is 0.312 e. The number of methoxy groups -OCH3 is 2. The van der Waals surface area contributed by atoms with Gasteiger partial charge in [0.25, 0.3) is 0 Å². The highest BCUT2D eigenvalue weighted by Crippen LogP contribution is 2.45. The number of carbonyl (C=O) groups is 1. The second-order valence-electron chi connectivity index (χ2n) is 7.70. The van der Waals surface area contributed by atoms with Crippen LogP contribution in [0.2, 0.25) is 0 Å². The Morgan fingerprint density at radius 3 is 2.45 bits per heavy atom. The number of phenolic OH excluding ortho intramolecular Hbond substituents is 1. The van der Waals surface area contributed by atoms with E-state index in [2.05, 4.69) is 0 Å². The number of hydrogen-bond donors (Lipinski definition) is 1. The van der Waals surface area contributed by atoms with Crippen LogP contribution in [0, 0.1) is 0 Å². The van der Waals surface area contributed by atoms with E-state index in [0.29, 0.717) is 22.6 Å². The maximum atomic E-state index is 13.5. The summed E-state index contributed by atoms with van der Waals surface area (Å²) < 4.78 is 21.9. The van der Waals surface area contributed by atoms with Gasteiger partial charge in [0.15, 0.2) is 11.5 Å². The van der Waals surface area contributed by atoms with Crippen LogP contribution in [-0.2, 0) is 4.79 Å². The number of carbonyl (C=O) groups excluding carboxylic acids is 1. The van der Waals surface area contributed by atoms with Crippen molar-refractivity contribution in [2.75, 3.05) is 14.2 Å². The Morgan fingerprint density at radius 1 is 0.970 bits per heavy atom. The van der Waals surface area contributed by atoms with Gasteiger partial charge in [0.05, 0.1) is 26.2 Å². The molecule has 0 unspecified atom stereocenters. The summed E-state index contributed by atoms with van der Waals surface area (Å²) in [5, 5.41) is 10.7. The molecule has 2 heterocycles. The average molecular weight is 444 g/mol. The molecule has 0 saturated heterocycles. The van der Waals surface area contributed by atoms with Crippen molar-refractivity contribution in [3.63, 3.8) is 0 Å². The molecule has 1 aliphatic heterocycles. The van der Waals surface area contributed by atoms with Crippen LogP contribution in [0.1, 0.15) is 23.5 Å². The summed E-state index contributed by atoms with van der Waals surface area (Å²) in [6.07, 6.45) is 1.45. The molecule has 0 bridgehead atoms. The number of esters is 1. The van der Waals surface area contributed by atoms with Gasteiger partial charge >= 0.3 is 5.97 Å². The van der Waals surface area contributed by atoms with E-state index < -0.39 is 11.4 Å². The molecule has 0 fully saturated rings. The molecule has 0 amide bonds. The van der Waals surface area contributed by atoms with Gasteiger partial charge in [-0.2, -0.15) is 0 Å². The van der Waals surface area contributed by atoms with Crippen LogP contribution in [0.15, 0.2) is 70.1 Å². The summed E-state index contributed by atoms with van der Waals surface area (Å²) in [5.41, 5.74) is 2.03. The summed E-state index contributed by atoms with van der Waals surface area (Å²) in [7, 11) is 3.03. The lowest BCUT2D eigenvalue weighted by Crippen LogP contribution is -2.22. The van der Waals surface area contributed by atoms with E-state index in [1.54, 1.807) is 18.2 Å². The van der Waals surface area contributed by atoms with Gasteiger partial charge in [0.1, 0.15) is 28.7 Å². The first-order valence-corrected chi connectivity index (χ1v) is 10.3. The summed E-state index contributed by atoms with van der Waals surface area (Å²) in [4.78, 5) is 25.8. The molecular weight excluding hydrogens is 424 g/mol. The van der Waals surface area contributed by atoms with E-state index in [1.165, 1.54) is 26.5 Å². The Balaban J connectivity index is 1.75. The lowest BCUT2D eigenvalue weighted by atomic mass is 9.85. The highest BCUT2D eigenvalue weighted by molar-refractivity contribution is 5.94. The van der Waals surface area contributed by atoms with Crippen LogP contribution in [0.4, 0.5) is 0 Å². The van der Waals surface area contributed by atoms with E-state index in [0.717, 1.165) is 5.56 Å². The highest BCUT2D eigenvalue weighted by Gasteiger charge is 2.33. The van der Waals surface area contributed by atoms with Gasteiger partial charge in [-0.05, 0) is 23.3 Å². The maximum absolute atomic E-state index is 13.5. The fraction of sp³-hybridized carbons (Fsp3) is 0.154. The Bertz CT molecular complexity index is 1440. The summed E-state index contributed by atoms with van der Waals surface area (Å²) in [5.74, 6) is 0.0598. The van der Waals surface area contributed by atoms with Crippen molar-refractivity contribution < 1.29 is 28.5 Å². The number of aromatic hydroxyl groups is 1. The molecule has 33 heavy (non-hydrogen) atoms. The van der Waals surface area contributed by atoms with Crippen molar-refractivity contribution in [2.24, 2.45) is 0 Å². The van der Waals surface area contributed by atoms with E-state index >= 15 is 0 Å². The lowest BCUT2D eigenvalue weighted by Gasteiger charge is -2.26. The fourth-order valence-electron chi connectivity index (χ4n) is 4.31. The SMILES string of the molecule is COc1ccc(-c2coc3c4c(cc(O)c3c2=O)OC(=O)C[C@H]4c2ccccc2)cc1OC. The third-order valence-corrected chi connectivity index (χ3v) is 5.87. The van der Waals surface area contributed by atoms with Crippen LogP contribution in [0.3, 0.4) is 0 Å². The molecule has 1 aromatic heterocycles. The number of benzene rings is 3. The number of hydrogen-bond acceptors (Lipinski definition) is 7. The molecule has 4 aromatic rings. The predicted octanol–water partition coefficient (Wildman–Crippen LogP) is 4.62. The zero-order valence-corrected chi connectivity index (χ0v) is 18.0. The quantitative estimate of drug-likeness (QED) is 0.362. The van der Waals surface area contributed by atoms with Gasteiger partial charge in [0.2, 0.25) is 5.43 Å². The molecule has 0 saturated carbocycles. The Labute approximate surface area is 188 Å². The molecular formula is C26H20O7. The van der Waals surface area contributed by atoms with Crippen LogP contribution in [-0.4, -0.2) is 25.3 Å². The van der Waals surface area contributed by atoms with Crippen molar-refractivity contribution in [1.29, 1.82) is 0 Å². The Hall–Kier alpha value is -4.26. The zero-order chi connectivity index (χ0) is 23.1. The zero-order valence-electron chi connectivity index (χ0n) is 18.0. The fourth-order valence-corrected chi connectivity index (χ4v) is 4.31. The Morgan fingerprint density at radius 2 is 1.73 bits per heavy atom. The molecule has 1 aliphatic rings. The standard InChI is InChI=1S/C26H20O7/c1-30-19-9-8-15(10-20(19)31-2)17-13-32-26-23-16(14-6-4-3-5-7-14)11-22(28)33-21(23)12-18(27)24(26)25(17)29/h3-10,12-13,16,27H,11H2,1-2H3/t16-/m0/s1. The number of ether oxygens (including phenoxy) is 3. The highest BCUT2D eigenvalue weighted by atomic mass is 16.5. The van der Waals surface area contributed by atoms with Crippen LogP contribution in [0.5, 0.6) is 23.0 Å². The van der Waals surface area contributed by atoms with E-state index in [-0.39, 0.29) is 40.4 Å². The lowest BCUT2D eigenvalue weighted by molar-refractivity contribution is -0.135. The molecule has 5 rings (SSSR count). The third-order valence-electron chi connectivity index (χ3n) is 5.87.